The number of hydrogen-bond donors (Lipinski definition) is 1. The predicted octanol–water partition coefficient (Wildman–Crippen LogP) is 6.97. The third kappa shape index (κ3) is 11.2. The van der Waals surface area contributed by atoms with E-state index < -0.39 is 0 Å². The summed E-state index contributed by atoms with van der Waals surface area (Å²) in [6, 6.07) is 14.9. The number of carbonyl (C=O) groups is 2. The van der Waals surface area contributed by atoms with Crippen LogP contribution in [-0.4, -0.2) is 93.2 Å². The largest absolute Gasteiger partial charge is 0.494 e. The van der Waals surface area contributed by atoms with Crippen LogP contribution in [0.2, 0.25) is 0 Å². The number of amides is 2. The summed E-state index contributed by atoms with van der Waals surface area (Å²) in [5.41, 5.74) is 0.901. The van der Waals surface area contributed by atoms with E-state index in [4.69, 9.17) is 25.0 Å². The Morgan fingerprint density at radius 3 is 2.23 bits per heavy atom. The molecule has 12 heteroatoms. The highest BCUT2D eigenvalue weighted by Crippen LogP contribution is 2.44. The molecule has 2 aromatic carbocycles. The fourth-order valence-electron chi connectivity index (χ4n) is 6.27. The molecular formula is C40H51N5O5S2. The van der Waals surface area contributed by atoms with Gasteiger partial charge in [-0.15, -0.1) is 11.8 Å². The quantitative estimate of drug-likeness (QED) is 0.0683. The van der Waals surface area contributed by atoms with E-state index in [9.17, 15) is 9.59 Å². The lowest BCUT2D eigenvalue weighted by Crippen LogP contribution is -2.42. The molecule has 2 amide bonds. The number of hydrazone groups is 1. The van der Waals surface area contributed by atoms with Crippen LogP contribution in [-0.2, 0) is 9.59 Å². The molecule has 10 nitrogen and oxygen atoms in total. The Bertz CT molecular complexity index is 1650. The molecule has 2 fully saturated rings. The van der Waals surface area contributed by atoms with E-state index >= 15 is 0 Å². The van der Waals surface area contributed by atoms with Gasteiger partial charge in [-0.1, -0.05) is 24.3 Å². The second-order valence-corrected chi connectivity index (χ2v) is 16.4. The van der Waals surface area contributed by atoms with E-state index in [0.29, 0.717) is 49.0 Å². The molecule has 3 heterocycles. The predicted molar refractivity (Wildman–Crippen MR) is 214 cm³/mol. The molecule has 3 aliphatic heterocycles. The number of nitrogens with zero attached hydrogens (tertiary/aromatic N) is 4. The number of aliphatic imine (C=N–C) groups is 1. The third-order valence-corrected chi connectivity index (χ3v) is 12.0. The number of carbonyl (C=O) groups excluding carboxylic acids is 2. The van der Waals surface area contributed by atoms with Crippen molar-refractivity contribution in [3.05, 3.63) is 84.5 Å². The summed E-state index contributed by atoms with van der Waals surface area (Å²) in [6.45, 7) is 10.2. The van der Waals surface area contributed by atoms with Crippen LogP contribution < -0.4 is 20.1 Å². The minimum atomic E-state index is -0.246. The van der Waals surface area contributed by atoms with Gasteiger partial charge in [0, 0.05) is 34.4 Å². The summed E-state index contributed by atoms with van der Waals surface area (Å²) in [6.07, 6.45) is 15.3. The first-order chi connectivity index (χ1) is 25.2. The number of rotatable bonds is 15. The lowest BCUT2D eigenvalue weighted by atomic mass is 10.0. The number of benzene rings is 2. The normalized spacial score (nSPS) is 23.0. The van der Waals surface area contributed by atoms with E-state index in [2.05, 4.69) is 18.1 Å². The zero-order chi connectivity index (χ0) is 36.9. The highest BCUT2D eigenvalue weighted by Gasteiger charge is 2.37. The average Bonchev–Trinajstić information content (AvgIpc) is 3.92. The number of thioether (sulfide) groups is 2. The number of amidine groups is 2. The Morgan fingerprint density at radius 1 is 0.962 bits per heavy atom. The average molecular weight is 746 g/mol. The van der Waals surface area contributed by atoms with E-state index in [0.717, 1.165) is 48.5 Å². The standard InChI is InChI=1S/C40H51N5O5S2/c1-5-48-31-13-10-30(11-14-31)12-20-38(46)45(26-34-8-7-25-51-34)37(43-41)22-24-40(4)23-21-35(52-40)27-44(36-19-9-29(3)42-36)39(47)28-50-33-17-15-32(16-18-33)49-6-2/h9-20,22,24,29,34-35H,5-8,21,23,25-28,41H2,1-4H3/b20-12+,24-22-,43-37+. The van der Waals surface area contributed by atoms with Gasteiger partial charge in [-0.25, -0.2) is 0 Å². The molecule has 4 unspecified atom stereocenters. The Hall–Kier alpha value is -4.16. The molecule has 5 rings (SSSR count). The van der Waals surface area contributed by atoms with Crippen LogP contribution in [0, 0.1) is 0 Å². The van der Waals surface area contributed by atoms with Gasteiger partial charge in [0.2, 0.25) is 0 Å². The van der Waals surface area contributed by atoms with Crippen LogP contribution >= 0.6 is 23.5 Å². The first kappa shape index (κ1) is 39.1. The fraction of sp³-hybridized carbons (Fsp3) is 0.450. The van der Waals surface area contributed by atoms with Gasteiger partial charge < -0.3 is 20.1 Å². The van der Waals surface area contributed by atoms with Crippen molar-refractivity contribution >= 4 is 53.1 Å². The van der Waals surface area contributed by atoms with Crippen molar-refractivity contribution in [1.82, 2.24) is 9.80 Å². The second-order valence-electron chi connectivity index (χ2n) is 13.1. The first-order valence-corrected chi connectivity index (χ1v) is 20.0. The number of hydrogen-bond acceptors (Lipinski definition) is 10. The van der Waals surface area contributed by atoms with Gasteiger partial charge in [-0.3, -0.25) is 24.4 Å². The molecule has 0 saturated carbocycles. The zero-order valence-corrected chi connectivity index (χ0v) is 32.2. The van der Waals surface area contributed by atoms with Gasteiger partial charge in [-0.2, -0.15) is 16.9 Å². The van der Waals surface area contributed by atoms with Gasteiger partial charge in [0.25, 0.3) is 11.8 Å². The van der Waals surface area contributed by atoms with Crippen molar-refractivity contribution in [2.24, 2.45) is 15.9 Å². The van der Waals surface area contributed by atoms with Crippen LogP contribution in [0.25, 0.3) is 6.08 Å². The summed E-state index contributed by atoms with van der Waals surface area (Å²) in [5.74, 6) is 9.99. The Balaban J connectivity index is 1.24. The number of ether oxygens (including phenoxy) is 3. The van der Waals surface area contributed by atoms with E-state index in [-0.39, 0.29) is 34.5 Å². The van der Waals surface area contributed by atoms with Crippen LogP contribution in [0.4, 0.5) is 0 Å². The van der Waals surface area contributed by atoms with Crippen LogP contribution in [0.5, 0.6) is 17.2 Å². The molecule has 2 saturated heterocycles. The molecule has 0 aliphatic carbocycles. The summed E-state index contributed by atoms with van der Waals surface area (Å²) in [7, 11) is 0. The van der Waals surface area contributed by atoms with Gasteiger partial charge in [0.05, 0.1) is 19.3 Å². The van der Waals surface area contributed by atoms with Crippen molar-refractivity contribution in [3.63, 3.8) is 0 Å². The molecule has 2 aromatic rings. The lowest BCUT2D eigenvalue weighted by molar-refractivity contribution is -0.129. The monoisotopic (exact) mass is 745 g/mol. The highest BCUT2D eigenvalue weighted by molar-refractivity contribution is 8.01. The Labute approximate surface area is 316 Å². The second kappa shape index (κ2) is 19.1. The minimum absolute atomic E-state index is 0.0137. The summed E-state index contributed by atoms with van der Waals surface area (Å²) in [4.78, 5) is 35.4. The molecule has 0 spiro atoms. The molecule has 4 atom stereocenters. The molecule has 0 radical (unpaired) electrons. The number of nitrogens with two attached hydrogens (primary N) is 1. The van der Waals surface area contributed by atoms with Crippen molar-refractivity contribution in [2.75, 3.05) is 38.7 Å². The zero-order valence-electron chi connectivity index (χ0n) is 30.6. The van der Waals surface area contributed by atoms with Crippen LogP contribution in [0.1, 0.15) is 58.9 Å². The van der Waals surface area contributed by atoms with Crippen molar-refractivity contribution in [2.45, 2.75) is 74.7 Å². The maximum absolute atomic E-state index is 13.7. The SMILES string of the molecule is CCOc1ccc(/C=C/C(=O)N(CC2CCCS2)C(/C=C\C2(C)CCC(CN(C(=O)COc3ccc(OCC)cc3)C3=NC(C)C=C3)S2)=N/N)cc1. The summed E-state index contributed by atoms with van der Waals surface area (Å²) in [5, 5.41) is 4.60. The van der Waals surface area contributed by atoms with E-state index in [1.807, 2.05) is 105 Å². The smallest absolute Gasteiger partial charge is 0.266 e. The highest BCUT2D eigenvalue weighted by atomic mass is 32.2. The van der Waals surface area contributed by atoms with Gasteiger partial charge in [-0.05, 0) is 119 Å². The Morgan fingerprint density at radius 2 is 1.63 bits per heavy atom. The van der Waals surface area contributed by atoms with Gasteiger partial charge >= 0.3 is 0 Å². The van der Waals surface area contributed by atoms with E-state index in [1.54, 1.807) is 28.0 Å². The van der Waals surface area contributed by atoms with E-state index in [1.165, 1.54) is 0 Å². The van der Waals surface area contributed by atoms with Crippen molar-refractivity contribution in [3.8, 4) is 17.2 Å². The molecule has 0 aromatic heterocycles. The maximum atomic E-state index is 13.7. The molecule has 52 heavy (non-hydrogen) atoms. The van der Waals surface area contributed by atoms with Gasteiger partial charge in [0.15, 0.2) is 12.4 Å². The maximum Gasteiger partial charge on any atom is 0.266 e. The molecule has 0 bridgehead atoms. The van der Waals surface area contributed by atoms with Crippen molar-refractivity contribution < 1.29 is 23.8 Å². The van der Waals surface area contributed by atoms with Crippen LogP contribution in [0.3, 0.4) is 0 Å². The third-order valence-electron chi connectivity index (χ3n) is 9.00. The summed E-state index contributed by atoms with van der Waals surface area (Å²) >= 11 is 3.70. The van der Waals surface area contributed by atoms with Crippen LogP contribution in [0.15, 0.2) is 89.0 Å². The molecule has 278 valence electrons. The fourth-order valence-corrected chi connectivity index (χ4v) is 9.12. The summed E-state index contributed by atoms with van der Waals surface area (Å²) < 4.78 is 16.7. The topological polar surface area (TPSA) is 119 Å². The van der Waals surface area contributed by atoms with Gasteiger partial charge in [0.1, 0.15) is 23.1 Å². The minimum Gasteiger partial charge on any atom is -0.494 e. The Kier molecular flexibility index (Phi) is 14.3. The molecule has 2 N–H and O–H groups in total. The first-order valence-electron chi connectivity index (χ1n) is 18.1. The molecular weight excluding hydrogens is 695 g/mol. The van der Waals surface area contributed by atoms with Crippen molar-refractivity contribution in [1.29, 1.82) is 0 Å². The molecule has 3 aliphatic rings. The lowest BCUT2D eigenvalue weighted by Gasteiger charge is -2.27.